The molecular formula is C12H26N2O2S. The average molecular weight is 262 g/mol. The Labute approximate surface area is 106 Å². The molecule has 0 aliphatic heterocycles. The second-order valence-electron chi connectivity index (χ2n) is 6.57. The second-order valence-corrected chi connectivity index (χ2v) is 8.32. The molecule has 0 saturated heterocycles. The van der Waals surface area contributed by atoms with Gasteiger partial charge in [0, 0.05) is 18.1 Å². The number of rotatable bonds is 5. The first-order valence-electron chi connectivity index (χ1n) is 6.24. The molecule has 0 bridgehead atoms. The van der Waals surface area contributed by atoms with Gasteiger partial charge in [-0.1, -0.05) is 20.3 Å². The number of hydrogen-bond donors (Lipinski definition) is 2. The van der Waals surface area contributed by atoms with Crippen LogP contribution in [0.25, 0.3) is 0 Å². The van der Waals surface area contributed by atoms with Crippen molar-refractivity contribution in [3.8, 4) is 0 Å². The van der Waals surface area contributed by atoms with Gasteiger partial charge in [0.15, 0.2) is 0 Å². The van der Waals surface area contributed by atoms with E-state index in [2.05, 4.69) is 23.9 Å². The summed E-state index contributed by atoms with van der Waals surface area (Å²) in [7, 11) is -3.15. The summed E-state index contributed by atoms with van der Waals surface area (Å²) in [5.41, 5.74) is -0.118. The van der Waals surface area contributed by atoms with Crippen molar-refractivity contribution in [3.63, 3.8) is 0 Å². The third-order valence-electron chi connectivity index (χ3n) is 3.51. The average Bonchev–Trinajstić information content (AvgIpc) is 2.37. The molecule has 0 aromatic carbocycles. The first-order chi connectivity index (χ1) is 7.52. The highest BCUT2D eigenvalue weighted by atomic mass is 32.2. The van der Waals surface area contributed by atoms with E-state index in [1.165, 1.54) is 25.5 Å². The fourth-order valence-corrected chi connectivity index (χ4v) is 3.70. The Morgan fingerprint density at radius 2 is 1.94 bits per heavy atom. The molecule has 17 heavy (non-hydrogen) atoms. The fraction of sp³-hybridized carbons (Fsp3) is 1.00. The molecule has 0 amide bonds. The minimum absolute atomic E-state index is 0.321. The molecule has 0 radical (unpaired) electrons. The molecule has 1 unspecified atom stereocenters. The summed E-state index contributed by atoms with van der Waals surface area (Å²) in [4.78, 5) is 0. The predicted molar refractivity (Wildman–Crippen MR) is 71.5 cm³/mol. The molecule has 5 heteroatoms. The molecule has 2 N–H and O–H groups in total. The van der Waals surface area contributed by atoms with Gasteiger partial charge < -0.3 is 5.32 Å². The Morgan fingerprint density at radius 3 is 2.35 bits per heavy atom. The Balaban J connectivity index is 2.50. The number of hydrogen-bond acceptors (Lipinski definition) is 3. The molecule has 0 spiro atoms. The highest BCUT2D eigenvalue weighted by Gasteiger charge is 2.35. The van der Waals surface area contributed by atoms with Gasteiger partial charge in [-0.15, -0.1) is 0 Å². The maximum Gasteiger partial charge on any atom is 0.209 e. The highest BCUT2D eigenvalue weighted by Crippen LogP contribution is 2.37. The molecule has 1 aliphatic rings. The van der Waals surface area contributed by atoms with E-state index in [1.807, 2.05) is 13.8 Å². The molecule has 1 atom stereocenters. The maximum absolute atomic E-state index is 11.2. The summed E-state index contributed by atoms with van der Waals surface area (Å²) in [6.07, 6.45) is 4.88. The first kappa shape index (κ1) is 14.9. The van der Waals surface area contributed by atoms with Gasteiger partial charge in [0.05, 0.1) is 6.26 Å². The van der Waals surface area contributed by atoms with Gasteiger partial charge in [-0.05, 0) is 32.1 Å². The van der Waals surface area contributed by atoms with Crippen LogP contribution < -0.4 is 10.0 Å². The second kappa shape index (κ2) is 4.86. The van der Waals surface area contributed by atoms with Crippen molar-refractivity contribution in [2.24, 2.45) is 5.41 Å². The lowest BCUT2D eigenvalue weighted by Crippen LogP contribution is -2.53. The Bertz CT molecular complexity index is 361. The normalized spacial score (nSPS) is 25.1. The van der Waals surface area contributed by atoms with Crippen LogP contribution in [-0.4, -0.2) is 32.8 Å². The van der Waals surface area contributed by atoms with Gasteiger partial charge >= 0.3 is 0 Å². The molecule has 1 fully saturated rings. The van der Waals surface area contributed by atoms with Crippen LogP contribution in [0.5, 0.6) is 0 Å². The largest absolute Gasteiger partial charge is 0.312 e. The van der Waals surface area contributed by atoms with Crippen LogP contribution in [0.1, 0.15) is 47.0 Å². The van der Waals surface area contributed by atoms with Crippen LogP contribution in [-0.2, 0) is 10.0 Å². The van der Waals surface area contributed by atoms with E-state index in [4.69, 9.17) is 0 Å². The van der Waals surface area contributed by atoms with E-state index in [0.717, 1.165) is 0 Å². The third kappa shape index (κ3) is 4.94. The van der Waals surface area contributed by atoms with Gasteiger partial charge in [-0.25, -0.2) is 13.1 Å². The number of nitrogens with one attached hydrogen (secondary N) is 2. The zero-order chi connectivity index (χ0) is 13.3. The zero-order valence-electron chi connectivity index (χ0n) is 11.6. The van der Waals surface area contributed by atoms with Gasteiger partial charge in [0.2, 0.25) is 10.0 Å². The van der Waals surface area contributed by atoms with E-state index in [0.29, 0.717) is 18.0 Å². The lowest BCUT2D eigenvalue weighted by atomic mass is 9.87. The number of sulfonamides is 1. The van der Waals surface area contributed by atoms with E-state index in [1.54, 1.807) is 0 Å². The SMILES string of the molecule is CC(C)(CNC1CCCC1(C)C)NS(C)(=O)=O. The van der Waals surface area contributed by atoms with Crippen LogP contribution in [0.4, 0.5) is 0 Å². The fourth-order valence-electron chi connectivity index (χ4n) is 2.62. The standard InChI is InChI=1S/C12H26N2O2S/c1-11(2)8-6-7-10(11)13-9-12(3,4)14-17(5,15)16/h10,13-14H,6-9H2,1-5H3. The first-order valence-corrected chi connectivity index (χ1v) is 8.13. The highest BCUT2D eigenvalue weighted by molar-refractivity contribution is 7.88. The monoisotopic (exact) mass is 262 g/mol. The third-order valence-corrected chi connectivity index (χ3v) is 4.43. The van der Waals surface area contributed by atoms with Gasteiger partial charge in [-0.2, -0.15) is 0 Å². The molecule has 0 aromatic heterocycles. The summed E-state index contributed by atoms with van der Waals surface area (Å²) in [6, 6.07) is 0.489. The lowest BCUT2D eigenvalue weighted by Gasteiger charge is -2.32. The Hall–Kier alpha value is -0.130. The van der Waals surface area contributed by atoms with Crippen LogP contribution in [0, 0.1) is 5.41 Å². The zero-order valence-corrected chi connectivity index (χ0v) is 12.4. The smallest absolute Gasteiger partial charge is 0.209 e. The molecular weight excluding hydrogens is 236 g/mol. The van der Waals surface area contributed by atoms with Crippen molar-refractivity contribution < 1.29 is 8.42 Å². The van der Waals surface area contributed by atoms with Gasteiger partial charge in [0.1, 0.15) is 0 Å². The maximum atomic E-state index is 11.2. The summed E-state index contributed by atoms with van der Waals surface area (Å²) in [6.45, 7) is 9.02. The van der Waals surface area contributed by atoms with Gasteiger partial charge in [0.25, 0.3) is 0 Å². The van der Waals surface area contributed by atoms with E-state index >= 15 is 0 Å². The Kier molecular flexibility index (Phi) is 4.27. The van der Waals surface area contributed by atoms with Crippen LogP contribution in [0.15, 0.2) is 0 Å². The van der Waals surface area contributed by atoms with E-state index < -0.39 is 15.6 Å². The van der Waals surface area contributed by atoms with Gasteiger partial charge in [-0.3, -0.25) is 0 Å². The quantitative estimate of drug-likeness (QED) is 0.789. The minimum Gasteiger partial charge on any atom is -0.312 e. The summed E-state index contributed by atoms with van der Waals surface area (Å²) >= 11 is 0. The van der Waals surface area contributed by atoms with Crippen molar-refractivity contribution in [1.82, 2.24) is 10.0 Å². The van der Waals surface area contributed by atoms with Crippen molar-refractivity contribution in [1.29, 1.82) is 0 Å². The Morgan fingerprint density at radius 1 is 1.35 bits per heavy atom. The van der Waals surface area contributed by atoms with E-state index in [9.17, 15) is 8.42 Å². The molecule has 1 aliphatic carbocycles. The van der Waals surface area contributed by atoms with Crippen LogP contribution in [0.3, 0.4) is 0 Å². The van der Waals surface area contributed by atoms with E-state index in [-0.39, 0.29) is 0 Å². The van der Waals surface area contributed by atoms with Crippen molar-refractivity contribution in [2.75, 3.05) is 12.8 Å². The summed E-state index contributed by atoms with van der Waals surface area (Å²) in [5, 5.41) is 3.51. The van der Waals surface area contributed by atoms with Crippen LogP contribution in [0.2, 0.25) is 0 Å². The molecule has 0 heterocycles. The molecule has 1 rings (SSSR count). The topological polar surface area (TPSA) is 58.2 Å². The molecule has 102 valence electrons. The molecule has 1 saturated carbocycles. The van der Waals surface area contributed by atoms with Crippen LogP contribution >= 0.6 is 0 Å². The van der Waals surface area contributed by atoms with Crippen molar-refractivity contribution >= 4 is 10.0 Å². The lowest BCUT2D eigenvalue weighted by molar-refractivity contribution is 0.264. The predicted octanol–water partition coefficient (Wildman–Crippen LogP) is 1.48. The minimum atomic E-state index is -3.15. The molecule has 4 nitrogen and oxygen atoms in total. The summed E-state index contributed by atoms with van der Waals surface area (Å²) < 4.78 is 25.1. The molecule has 0 aromatic rings. The van der Waals surface area contributed by atoms with Crippen molar-refractivity contribution in [2.45, 2.75) is 58.5 Å². The van der Waals surface area contributed by atoms with Crippen molar-refractivity contribution in [3.05, 3.63) is 0 Å². The summed E-state index contributed by atoms with van der Waals surface area (Å²) in [5.74, 6) is 0.